The molecule has 1 rings (SSSR count). The van der Waals surface area contributed by atoms with Crippen molar-refractivity contribution in [2.75, 3.05) is 18.9 Å². The number of carbonyl (C=O) groups is 1. The van der Waals surface area contributed by atoms with Crippen molar-refractivity contribution >= 4 is 11.6 Å². The summed E-state index contributed by atoms with van der Waals surface area (Å²) >= 11 is 0. The highest BCUT2D eigenvalue weighted by atomic mass is 16.3. The maximum absolute atomic E-state index is 11.8. The number of aliphatic hydroxyl groups excluding tert-OH is 1. The molecule has 6 heteroatoms. The van der Waals surface area contributed by atoms with Gasteiger partial charge in [-0.3, -0.25) is 9.48 Å². The minimum atomic E-state index is -0.239. The zero-order valence-corrected chi connectivity index (χ0v) is 11.0. The van der Waals surface area contributed by atoms with E-state index in [-0.39, 0.29) is 24.1 Å². The number of rotatable bonds is 7. The number of hydrogen-bond acceptors (Lipinski definition) is 4. The van der Waals surface area contributed by atoms with Gasteiger partial charge >= 0.3 is 0 Å². The van der Waals surface area contributed by atoms with Gasteiger partial charge in [-0.25, -0.2) is 0 Å². The first kappa shape index (κ1) is 14.5. The highest BCUT2D eigenvalue weighted by molar-refractivity contribution is 5.96. The molecule has 4 N–H and O–H groups in total. The molecular weight excluding hydrogens is 232 g/mol. The number of nitrogens with one attached hydrogen (secondary N) is 1. The molecule has 102 valence electrons. The van der Waals surface area contributed by atoms with Crippen molar-refractivity contribution in [1.29, 1.82) is 0 Å². The molecule has 1 heterocycles. The molecule has 0 saturated carbocycles. The Kier molecular flexibility index (Phi) is 5.64. The van der Waals surface area contributed by atoms with Gasteiger partial charge < -0.3 is 16.2 Å². The summed E-state index contributed by atoms with van der Waals surface area (Å²) in [6.07, 6.45) is 3.38. The van der Waals surface area contributed by atoms with E-state index in [0.717, 1.165) is 12.8 Å². The molecule has 6 nitrogen and oxygen atoms in total. The number of amides is 1. The number of nitrogen functional groups attached to an aromatic ring is 1. The topological polar surface area (TPSA) is 93.2 Å². The summed E-state index contributed by atoms with van der Waals surface area (Å²) < 4.78 is 1.64. The van der Waals surface area contributed by atoms with Crippen molar-refractivity contribution in [3.63, 3.8) is 0 Å². The van der Waals surface area contributed by atoms with Gasteiger partial charge in [0, 0.05) is 25.9 Å². The van der Waals surface area contributed by atoms with E-state index in [2.05, 4.69) is 10.4 Å². The van der Waals surface area contributed by atoms with E-state index in [1.165, 1.54) is 0 Å². The lowest BCUT2D eigenvalue weighted by atomic mass is 10.1. The molecule has 0 spiro atoms. The fourth-order valence-electron chi connectivity index (χ4n) is 1.60. The Morgan fingerprint density at radius 3 is 2.94 bits per heavy atom. The van der Waals surface area contributed by atoms with Gasteiger partial charge in [-0.1, -0.05) is 6.92 Å². The average Bonchev–Trinajstić information content (AvgIpc) is 2.75. The SMILES string of the molecule is CCn1cc(N)c(C(=O)NCCCC(C)CO)n1. The summed E-state index contributed by atoms with van der Waals surface area (Å²) in [5.41, 5.74) is 6.40. The fraction of sp³-hybridized carbons (Fsp3) is 0.667. The predicted octanol–water partition coefficient (Wildman–Crippen LogP) is 0.624. The summed E-state index contributed by atoms with van der Waals surface area (Å²) in [4.78, 5) is 11.8. The number of aryl methyl sites for hydroxylation is 1. The van der Waals surface area contributed by atoms with Crippen LogP contribution in [0, 0.1) is 5.92 Å². The van der Waals surface area contributed by atoms with Gasteiger partial charge in [-0.15, -0.1) is 0 Å². The maximum atomic E-state index is 11.8. The van der Waals surface area contributed by atoms with E-state index in [4.69, 9.17) is 10.8 Å². The van der Waals surface area contributed by atoms with Crippen LogP contribution >= 0.6 is 0 Å². The third kappa shape index (κ3) is 4.03. The smallest absolute Gasteiger partial charge is 0.273 e. The van der Waals surface area contributed by atoms with Crippen molar-refractivity contribution in [3.8, 4) is 0 Å². The summed E-state index contributed by atoms with van der Waals surface area (Å²) in [5.74, 6) is 0.0302. The van der Waals surface area contributed by atoms with Crippen LogP contribution < -0.4 is 11.1 Å². The molecule has 0 fully saturated rings. The van der Waals surface area contributed by atoms with Crippen molar-refractivity contribution in [2.45, 2.75) is 33.2 Å². The minimum Gasteiger partial charge on any atom is -0.396 e. The second-order valence-electron chi connectivity index (χ2n) is 4.47. The first-order valence-electron chi connectivity index (χ1n) is 6.30. The molecule has 1 atom stereocenters. The van der Waals surface area contributed by atoms with Crippen LogP contribution in [0.4, 0.5) is 5.69 Å². The van der Waals surface area contributed by atoms with Crippen LogP contribution in [0.5, 0.6) is 0 Å². The van der Waals surface area contributed by atoms with Gasteiger partial charge in [0.2, 0.25) is 0 Å². The first-order chi connectivity index (χ1) is 8.58. The fourth-order valence-corrected chi connectivity index (χ4v) is 1.60. The van der Waals surface area contributed by atoms with Crippen LogP contribution in [0.2, 0.25) is 0 Å². The summed E-state index contributed by atoms with van der Waals surface area (Å²) in [6.45, 7) is 5.35. The molecule has 0 aliphatic rings. The van der Waals surface area contributed by atoms with Crippen LogP contribution in [-0.2, 0) is 6.54 Å². The molecule has 1 aromatic rings. The largest absolute Gasteiger partial charge is 0.396 e. The maximum Gasteiger partial charge on any atom is 0.273 e. The van der Waals surface area contributed by atoms with E-state index in [0.29, 0.717) is 18.8 Å². The highest BCUT2D eigenvalue weighted by Gasteiger charge is 2.13. The molecule has 1 unspecified atom stereocenters. The van der Waals surface area contributed by atoms with E-state index < -0.39 is 0 Å². The van der Waals surface area contributed by atoms with E-state index in [9.17, 15) is 4.79 Å². The van der Waals surface area contributed by atoms with Crippen LogP contribution in [0.25, 0.3) is 0 Å². The number of hydrogen-bond donors (Lipinski definition) is 3. The van der Waals surface area contributed by atoms with E-state index >= 15 is 0 Å². The molecule has 0 bridgehead atoms. The highest BCUT2D eigenvalue weighted by Crippen LogP contribution is 2.09. The molecule has 0 radical (unpaired) electrons. The lowest BCUT2D eigenvalue weighted by molar-refractivity contribution is 0.0947. The second-order valence-corrected chi connectivity index (χ2v) is 4.47. The Labute approximate surface area is 107 Å². The molecular formula is C12H22N4O2. The average molecular weight is 254 g/mol. The Morgan fingerprint density at radius 1 is 1.67 bits per heavy atom. The van der Waals surface area contributed by atoms with Gasteiger partial charge in [0.15, 0.2) is 5.69 Å². The van der Waals surface area contributed by atoms with Crippen LogP contribution in [0.1, 0.15) is 37.2 Å². The first-order valence-corrected chi connectivity index (χ1v) is 6.30. The molecule has 18 heavy (non-hydrogen) atoms. The lowest BCUT2D eigenvalue weighted by Crippen LogP contribution is -2.26. The standard InChI is InChI=1S/C12H22N4O2/c1-3-16-7-10(13)11(15-16)12(18)14-6-4-5-9(2)8-17/h7,9,17H,3-6,8,13H2,1-2H3,(H,14,18). The Hall–Kier alpha value is -1.56. The third-order valence-corrected chi connectivity index (χ3v) is 2.80. The Bertz CT molecular complexity index is 389. The zero-order valence-electron chi connectivity index (χ0n) is 11.0. The number of aliphatic hydroxyl groups is 1. The summed E-state index contributed by atoms with van der Waals surface area (Å²) in [6, 6.07) is 0. The monoisotopic (exact) mass is 254 g/mol. The molecule has 0 aliphatic heterocycles. The molecule has 0 aliphatic carbocycles. The number of nitrogens with two attached hydrogens (primary N) is 1. The van der Waals surface area contributed by atoms with Crippen LogP contribution in [-0.4, -0.2) is 33.9 Å². The van der Waals surface area contributed by atoms with Gasteiger partial charge in [0.25, 0.3) is 5.91 Å². The number of aromatic nitrogens is 2. The number of anilines is 1. The molecule has 0 saturated heterocycles. The van der Waals surface area contributed by atoms with Gasteiger partial charge in [0.05, 0.1) is 5.69 Å². The Balaban J connectivity index is 2.38. The van der Waals surface area contributed by atoms with E-state index in [1.54, 1.807) is 10.9 Å². The van der Waals surface area contributed by atoms with E-state index in [1.807, 2.05) is 13.8 Å². The van der Waals surface area contributed by atoms with Gasteiger partial charge in [0.1, 0.15) is 0 Å². The molecule has 0 aromatic carbocycles. The molecule has 1 amide bonds. The Morgan fingerprint density at radius 2 is 2.39 bits per heavy atom. The van der Waals surface area contributed by atoms with Gasteiger partial charge in [-0.2, -0.15) is 5.10 Å². The minimum absolute atomic E-state index is 0.182. The van der Waals surface area contributed by atoms with Gasteiger partial charge in [-0.05, 0) is 25.7 Å². The van der Waals surface area contributed by atoms with Crippen LogP contribution in [0.15, 0.2) is 6.20 Å². The summed E-state index contributed by atoms with van der Waals surface area (Å²) in [7, 11) is 0. The normalized spacial score (nSPS) is 12.4. The van der Waals surface area contributed by atoms with Crippen LogP contribution in [0.3, 0.4) is 0 Å². The quantitative estimate of drug-likeness (QED) is 0.622. The lowest BCUT2D eigenvalue weighted by Gasteiger charge is -2.07. The number of nitrogens with zero attached hydrogens (tertiary/aromatic N) is 2. The van der Waals surface area contributed by atoms with Crippen molar-refractivity contribution < 1.29 is 9.90 Å². The zero-order chi connectivity index (χ0) is 13.5. The van der Waals surface area contributed by atoms with Crippen molar-refractivity contribution in [2.24, 2.45) is 5.92 Å². The van der Waals surface area contributed by atoms with Crippen molar-refractivity contribution in [1.82, 2.24) is 15.1 Å². The summed E-state index contributed by atoms with van der Waals surface area (Å²) in [5, 5.41) is 15.7. The third-order valence-electron chi connectivity index (χ3n) is 2.80. The predicted molar refractivity (Wildman–Crippen MR) is 70.1 cm³/mol. The molecule has 1 aromatic heterocycles. The second kappa shape index (κ2) is 7.00. The number of carbonyl (C=O) groups excluding carboxylic acids is 1. The van der Waals surface area contributed by atoms with Crippen molar-refractivity contribution in [3.05, 3.63) is 11.9 Å².